The molecule has 2 aliphatic rings. The van der Waals surface area contributed by atoms with E-state index in [0.717, 1.165) is 0 Å². The molecule has 2 fully saturated rings. The zero-order valence-corrected chi connectivity index (χ0v) is 14.8. The minimum atomic E-state index is -3.16. The Labute approximate surface area is 138 Å². The van der Waals surface area contributed by atoms with Crippen LogP contribution >= 0.6 is 0 Å². The Bertz CT molecular complexity index is 533. The number of rotatable bonds is 4. The van der Waals surface area contributed by atoms with Gasteiger partial charge in [-0.1, -0.05) is 0 Å². The van der Waals surface area contributed by atoms with Crippen molar-refractivity contribution in [1.29, 1.82) is 0 Å². The number of amides is 2. The highest BCUT2D eigenvalue weighted by molar-refractivity contribution is 7.88. The third-order valence-electron chi connectivity index (χ3n) is 4.80. The first-order chi connectivity index (χ1) is 10.8. The van der Waals surface area contributed by atoms with E-state index in [4.69, 9.17) is 0 Å². The van der Waals surface area contributed by atoms with E-state index >= 15 is 0 Å². The lowest BCUT2D eigenvalue weighted by atomic mass is 9.92. The first kappa shape index (κ1) is 18.2. The highest BCUT2D eigenvalue weighted by atomic mass is 32.2. The third kappa shape index (κ3) is 4.67. The summed E-state index contributed by atoms with van der Waals surface area (Å²) >= 11 is 0. The monoisotopic (exact) mass is 345 g/mol. The number of sulfonamides is 1. The van der Waals surface area contributed by atoms with Crippen LogP contribution in [-0.4, -0.2) is 68.4 Å². The normalized spacial score (nSPS) is 22.1. The van der Waals surface area contributed by atoms with E-state index in [9.17, 15) is 18.0 Å². The van der Waals surface area contributed by atoms with E-state index in [1.54, 1.807) is 0 Å². The molecule has 1 N–H and O–H groups in total. The van der Waals surface area contributed by atoms with E-state index in [1.807, 2.05) is 11.8 Å². The smallest absolute Gasteiger partial charge is 0.225 e. The van der Waals surface area contributed by atoms with Crippen molar-refractivity contribution in [2.45, 2.75) is 32.6 Å². The molecule has 0 aromatic carbocycles. The van der Waals surface area contributed by atoms with E-state index in [0.29, 0.717) is 58.4 Å². The van der Waals surface area contributed by atoms with Crippen LogP contribution in [0.25, 0.3) is 0 Å². The van der Waals surface area contributed by atoms with Crippen LogP contribution < -0.4 is 5.32 Å². The molecule has 2 rings (SSSR count). The molecule has 2 aliphatic heterocycles. The highest BCUT2D eigenvalue weighted by Gasteiger charge is 2.33. The molecular formula is C15H27N3O4S. The summed E-state index contributed by atoms with van der Waals surface area (Å²) in [6, 6.07) is 0. The fourth-order valence-electron chi connectivity index (χ4n) is 3.37. The molecule has 8 heteroatoms. The number of hydrogen-bond donors (Lipinski definition) is 1. The van der Waals surface area contributed by atoms with Crippen molar-refractivity contribution in [3.05, 3.63) is 0 Å². The average Bonchev–Trinajstić information content (AvgIpc) is 2.54. The fraction of sp³-hybridized carbons (Fsp3) is 0.867. The zero-order valence-electron chi connectivity index (χ0n) is 14.0. The summed E-state index contributed by atoms with van der Waals surface area (Å²) in [6.45, 7) is 4.62. The molecule has 0 radical (unpaired) electrons. The molecule has 0 aliphatic carbocycles. The second-order valence-electron chi connectivity index (χ2n) is 6.43. The van der Waals surface area contributed by atoms with Crippen LogP contribution in [0, 0.1) is 11.8 Å². The van der Waals surface area contributed by atoms with Gasteiger partial charge in [0.2, 0.25) is 21.8 Å². The predicted octanol–water partition coefficient (Wildman–Crippen LogP) is 0.0327. The van der Waals surface area contributed by atoms with Gasteiger partial charge in [-0.2, -0.15) is 0 Å². The lowest BCUT2D eigenvalue weighted by Crippen LogP contribution is -2.47. The Balaban J connectivity index is 1.81. The van der Waals surface area contributed by atoms with Gasteiger partial charge < -0.3 is 10.2 Å². The van der Waals surface area contributed by atoms with Gasteiger partial charge in [0.1, 0.15) is 0 Å². The van der Waals surface area contributed by atoms with Gasteiger partial charge in [-0.25, -0.2) is 12.7 Å². The second-order valence-corrected chi connectivity index (χ2v) is 8.41. The van der Waals surface area contributed by atoms with Gasteiger partial charge in [0.05, 0.1) is 6.26 Å². The molecule has 0 saturated carbocycles. The molecule has 2 heterocycles. The van der Waals surface area contributed by atoms with E-state index < -0.39 is 10.0 Å². The Morgan fingerprint density at radius 3 is 2.00 bits per heavy atom. The van der Waals surface area contributed by atoms with E-state index in [-0.39, 0.29) is 23.7 Å². The minimum absolute atomic E-state index is 0.00563. The van der Waals surface area contributed by atoms with Crippen LogP contribution in [0.1, 0.15) is 32.6 Å². The summed E-state index contributed by atoms with van der Waals surface area (Å²) in [5.41, 5.74) is 0. The molecule has 0 spiro atoms. The SMILES string of the molecule is CCNC(=O)C1CCN(C(=O)C2CCN(S(C)(=O)=O)CC2)CC1. The average molecular weight is 345 g/mol. The van der Waals surface area contributed by atoms with Gasteiger partial charge in [-0.05, 0) is 32.6 Å². The largest absolute Gasteiger partial charge is 0.356 e. The molecule has 132 valence electrons. The Morgan fingerprint density at radius 2 is 1.52 bits per heavy atom. The molecule has 0 atom stereocenters. The molecule has 2 saturated heterocycles. The topological polar surface area (TPSA) is 86.8 Å². The van der Waals surface area contributed by atoms with Crippen molar-refractivity contribution in [2.75, 3.05) is 39.0 Å². The Kier molecular flexibility index (Phi) is 6.02. The zero-order chi connectivity index (χ0) is 17.0. The molecule has 2 amide bonds. The third-order valence-corrected chi connectivity index (χ3v) is 6.10. The van der Waals surface area contributed by atoms with Crippen LogP contribution in [-0.2, 0) is 19.6 Å². The first-order valence-corrected chi connectivity index (χ1v) is 10.2. The van der Waals surface area contributed by atoms with Gasteiger partial charge in [0.25, 0.3) is 0 Å². The minimum Gasteiger partial charge on any atom is -0.356 e. The van der Waals surface area contributed by atoms with Gasteiger partial charge in [0, 0.05) is 44.6 Å². The number of piperidine rings is 2. The standard InChI is InChI=1S/C15H27N3O4S/c1-3-16-14(19)12-4-8-17(9-5-12)15(20)13-6-10-18(11-7-13)23(2,21)22/h12-13H,3-11H2,1-2H3,(H,16,19). The van der Waals surface area contributed by atoms with Crippen LogP contribution in [0.3, 0.4) is 0 Å². The summed E-state index contributed by atoms with van der Waals surface area (Å²) in [4.78, 5) is 26.2. The summed E-state index contributed by atoms with van der Waals surface area (Å²) in [6.07, 6.45) is 3.80. The van der Waals surface area contributed by atoms with Crippen molar-refractivity contribution in [3.63, 3.8) is 0 Å². The van der Waals surface area contributed by atoms with Gasteiger partial charge in [-0.15, -0.1) is 0 Å². The molecule has 0 bridgehead atoms. The molecule has 0 aromatic rings. The maximum atomic E-state index is 12.6. The van der Waals surface area contributed by atoms with Crippen LogP contribution in [0.2, 0.25) is 0 Å². The van der Waals surface area contributed by atoms with Crippen molar-refractivity contribution in [1.82, 2.24) is 14.5 Å². The number of likely N-dealkylation sites (tertiary alicyclic amines) is 1. The highest BCUT2D eigenvalue weighted by Crippen LogP contribution is 2.24. The van der Waals surface area contributed by atoms with Crippen molar-refractivity contribution >= 4 is 21.8 Å². The van der Waals surface area contributed by atoms with Gasteiger partial charge in [0.15, 0.2) is 0 Å². The number of carbonyl (C=O) groups excluding carboxylic acids is 2. The Hall–Kier alpha value is -1.15. The molecule has 7 nitrogen and oxygen atoms in total. The van der Waals surface area contributed by atoms with Crippen LogP contribution in [0.5, 0.6) is 0 Å². The summed E-state index contributed by atoms with van der Waals surface area (Å²) in [7, 11) is -3.16. The molecule has 0 unspecified atom stereocenters. The van der Waals surface area contributed by atoms with E-state index in [2.05, 4.69) is 5.32 Å². The summed E-state index contributed by atoms with van der Waals surface area (Å²) in [5.74, 6) is 0.119. The van der Waals surface area contributed by atoms with E-state index in [1.165, 1.54) is 10.6 Å². The Morgan fingerprint density at radius 1 is 1.00 bits per heavy atom. The number of nitrogens with one attached hydrogen (secondary N) is 1. The predicted molar refractivity (Wildman–Crippen MR) is 87.1 cm³/mol. The van der Waals surface area contributed by atoms with Gasteiger partial charge >= 0.3 is 0 Å². The summed E-state index contributed by atoms with van der Waals surface area (Å²) in [5, 5.41) is 2.84. The number of hydrogen-bond acceptors (Lipinski definition) is 4. The fourth-order valence-corrected chi connectivity index (χ4v) is 4.25. The van der Waals surface area contributed by atoms with Crippen LogP contribution in [0.4, 0.5) is 0 Å². The van der Waals surface area contributed by atoms with Crippen LogP contribution in [0.15, 0.2) is 0 Å². The maximum absolute atomic E-state index is 12.6. The maximum Gasteiger partial charge on any atom is 0.225 e. The van der Waals surface area contributed by atoms with Crippen molar-refractivity contribution < 1.29 is 18.0 Å². The molecular weight excluding hydrogens is 318 g/mol. The first-order valence-electron chi connectivity index (χ1n) is 8.34. The number of nitrogens with zero attached hydrogens (tertiary/aromatic N) is 2. The number of carbonyl (C=O) groups is 2. The summed E-state index contributed by atoms with van der Waals surface area (Å²) < 4.78 is 24.5. The van der Waals surface area contributed by atoms with Gasteiger partial charge in [-0.3, -0.25) is 9.59 Å². The lowest BCUT2D eigenvalue weighted by molar-refractivity contribution is -0.140. The molecule has 0 aromatic heterocycles. The lowest BCUT2D eigenvalue weighted by Gasteiger charge is -2.36. The van der Waals surface area contributed by atoms with Crippen molar-refractivity contribution in [2.24, 2.45) is 11.8 Å². The quantitative estimate of drug-likeness (QED) is 0.779. The second kappa shape index (κ2) is 7.61. The van der Waals surface area contributed by atoms with Crippen molar-refractivity contribution in [3.8, 4) is 0 Å². The molecule has 23 heavy (non-hydrogen) atoms.